The van der Waals surface area contributed by atoms with Gasteiger partial charge in [0, 0.05) is 30.0 Å². The molecular weight excluding hydrogens is 329 g/mol. The minimum atomic E-state index is -0.189. The van der Waals surface area contributed by atoms with E-state index in [0.717, 1.165) is 5.01 Å². The third-order valence-corrected chi connectivity index (χ3v) is 4.98. The van der Waals surface area contributed by atoms with Gasteiger partial charge in [-0.2, -0.15) is 0 Å². The summed E-state index contributed by atoms with van der Waals surface area (Å²) in [6, 6.07) is 0. The van der Waals surface area contributed by atoms with Gasteiger partial charge in [0.2, 0.25) is 0 Å². The maximum absolute atomic E-state index is 9.78. The number of halogens is 3. The summed E-state index contributed by atoms with van der Waals surface area (Å²) < 4.78 is 5.78. The molecule has 0 amide bonds. The Bertz CT molecular complexity index is 594. The molecule has 0 radical (unpaired) electrons. The summed E-state index contributed by atoms with van der Waals surface area (Å²) in [4.78, 5) is 4.22. The second kappa shape index (κ2) is 5.02. The first-order valence-electron chi connectivity index (χ1n) is 5.51. The Hall–Kier alpha value is -0.680. The van der Waals surface area contributed by atoms with Gasteiger partial charge < -0.3 is 9.84 Å². The number of aromatic nitrogens is 1. The predicted octanol–water partition coefficient (Wildman–Crippen LogP) is 4.36. The molecule has 0 aliphatic carbocycles. The van der Waals surface area contributed by atoms with Crippen LogP contribution >= 0.6 is 46.1 Å². The van der Waals surface area contributed by atoms with E-state index in [2.05, 4.69) is 4.98 Å². The minimum Gasteiger partial charge on any atom is -0.505 e. The Kier molecular flexibility index (Phi) is 3.52. The van der Waals surface area contributed by atoms with Gasteiger partial charge in [0.15, 0.2) is 5.75 Å². The first-order chi connectivity index (χ1) is 9.08. The predicted molar refractivity (Wildman–Crippen MR) is 77.1 cm³/mol. The number of phenolic OH excluding ortho intramolecular Hbond substituents is 1. The number of thiazole rings is 1. The van der Waals surface area contributed by atoms with E-state index < -0.39 is 0 Å². The number of nitrogens with zero attached hydrogens (tertiary/aromatic N) is 1. The number of hydrogen-bond donors (Lipinski definition) is 1. The highest BCUT2D eigenvalue weighted by molar-refractivity contribution is 7.09. The summed E-state index contributed by atoms with van der Waals surface area (Å²) in [5.41, 5.74) is 0.704. The molecule has 0 bridgehead atoms. The van der Waals surface area contributed by atoms with E-state index in [0.29, 0.717) is 24.2 Å². The Labute approximate surface area is 128 Å². The van der Waals surface area contributed by atoms with Crippen LogP contribution in [-0.2, 0) is 12.8 Å². The van der Waals surface area contributed by atoms with Crippen molar-refractivity contribution in [2.75, 3.05) is 0 Å². The van der Waals surface area contributed by atoms with Gasteiger partial charge in [-0.25, -0.2) is 4.98 Å². The number of fused-ring (bicyclic) bond motifs is 1. The lowest BCUT2D eigenvalue weighted by Crippen LogP contribution is -2.16. The lowest BCUT2D eigenvalue weighted by Gasteiger charge is -2.10. The van der Waals surface area contributed by atoms with Crippen LogP contribution in [0, 0.1) is 0 Å². The van der Waals surface area contributed by atoms with Crippen molar-refractivity contribution in [2.45, 2.75) is 18.9 Å². The Morgan fingerprint density at radius 3 is 2.79 bits per heavy atom. The van der Waals surface area contributed by atoms with Crippen LogP contribution in [0.25, 0.3) is 0 Å². The Balaban J connectivity index is 1.92. The van der Waals surface area contributed by atoms with E-state index in [4.69, 9.17) is 39.5 Å². The van der Waals surface area contributed by atoms with Crippen molar-refractivity contribution < 1.29 is 9.84 Å². The van der Waals surface area contributed by atoms with Crippen molar-refractivity contribution in [2.24, 2.45) is 0 Å². The maximum atomic E-state index is 9.78. The molecule has 1 aromatic carbocycles. The first kappa shape index (κ1) is 13.3. The summed E-state index contributed by atoms with van der Waals surface area (Å²) in [7, 11) is 0. The SMILES string of the molecule is Oc1c(Cl)c(Cl)c2c(c1Cl)CC(Cc1nccs1)O2. The summed E-state index contributed by atoms with van der Waals surface area (Å²) in [5, 5.41) is 13.1. The van der Waals surface area contributed by atoms with Crippen LogP contribution < -0.4 is 4.74 Å². The van der Waals surface area contributed by atoms with Gasteiger partial charge in [-0.15, -0.1) is 11.3 Å². The average molecular weight is 337 g/mol. The lowest BCUT2D eigenvalue weighted by atomic mass is 10.1. The van der Waals surface area contributed by atoms with E-state index >= 15 is 0 Å². The molecule has 0 saturated heterocycles. The second-order valence-corrected chi connectivity index (χ2v) is 6.29. The fourth-order valence-electron chi connectivity index (χ4n) is 2.08. The Morgan fingerprint density at radius 2 is 2.11 bits per heavy atom. The van der Waals surface area contributed by atoms with Gasteiger partial charge >= 0.3 is 0 Å². The number of benzene rings is 1. The van der Waals surface area contributed by atoms with Crippen LogP contribution in [0.5, 0.6) is 11.5 Å². The number of ether oxygens (including phenoxy) is 1. The average Bonchev–Trinajstić information content (AvgIpc) is 3.04. The zero-order chi connectivity index (χ0) is 13.6. The number of hydrogen-bond acceptors (Lipinski definition) is 4. The molecule has 1 aliphatic rings. The summed E-state index contributed by atoms with van der Waals surface area (Å²) in [6.45, 7) is 0. The molecule has 0 fully saturated rings. The van der Waals surface area contributed by atoms with Gasteiger partial charge in [-0.1, -0.05) is 34.8 Å². The van der Waals surface area contributed by atoms with Crippen LogP contribution in [0.3, 0.4) is 0 Å². The van der Waals surface area contributed by atoms with Crippen LogP contribution in [0.2, 0.25) is 15.1 Å². The van der Waals surface area contributed by atoms with Crippen LogP contribution in [0.15, 0.2) is 11.6 Å². The van der Waals surface area contributed by atoms with Crippen LogP contribution in [0.1, 0.15) is 10.6 Å². The molecule has 2 aromatic rings. The van der Waals surface area contributed by atoms with Gasteiger partial charge in [0.25, 0.3) is 0 Å². The molecule has 19 heavy (non-hydrogen) atoms. The number of phenols is 1. The summed E-state index contributed by atoms with van der Waals surface area (Å²) >= 11 is 19.6. The molecule has 3 rings (SSSR count). The zero-order valence-corrected chi connectivity index (χ0v) is 12.6. The van der Waals surface area contributed by atoms with E-state index in [1.807, 2.05) is 5.38 Å². The lowest BCUT2D eigenvalue weighted by molar-refractivity contribution is 0.233. The smallest absolute Gasteiger partial charge is 0.154 e. The molecule has 1 atom stereocenters. The number of aromatic hydroxyl groups is 1. The van der Waals surface area contributed by atoms with E-state index in [1.54, 1.807) is 17.5 Å². The summed E-state index contributed by atoms with van der Waals surface area (Å²) in [6.07, 6.45) is 2.93. The van der Waals surface area contributed by atoms with Gasteiger partial charge in [0.05, 0.1) is 10.0 Å². The highest BCUT2D eigenvalue weighted by Crippen LogP contribution is 2.50. The van der Waals surface area contributed by atoms with E-state index in [1.165, 1.54) is 0 Å². The van der Waals surface area contributed by atoms with Crippen molar-refractivity contribution in [1.82, 2.24) is 4.98 Å². The Morgan fingerprint density at radius 1 is 1.32 bits per heavy atom. The van der Waals surface area contributed by atoms with Crippen LogP contribution in [0.4, 0.5) is 0 Å². The van der Waals surface area contributed by atoms with Gasteiger partial charge in [0.1, 0.15) is 21.9 Å². The fraction of sp³-hybridized carbons (Fsp3) is 0.250. The maximum Gasteiger partial charge on any atom is 0.154 e. The second-order valence-electron chi connectivity index (χ2n) is 4.17. The first-order valence-corrected chi connectivity index (χ1v) is 7.52. The molecule has 1 aliphatic heterocycles. The van der Waals surface area contributed by atoms with Crippen molar-refractivity contribution in [3.63, 3.8) is 0 Å². The molecule has 7 heteroatoms. The van der Waals surface area contributed by atoms with Crippen molar-refractivity contribution in [3.8, 4) is 11.5 Å². The molecule has 0 spiro atoms. The quantitative estimate of drug-likeness (QED) is 0.829. The van der Waals surface area contributed by atoms with Gasteiger partial charge in [-0.3, -0.25) is 0 Å². The fourth-order valence-corrected chi connectivity index (χ4v) is 3.50. The normalized spacial score (nSPS) is 17.3. The summed E-state index contributed by atoms with van der Waals surface area (Å²) in [5.74, 6) is 0.279. The molecule has 3 nitrogen and oxygen atoms in total. The minimum absolute atomic E-state index is 0.0281. The van der Waals surface area contributed by atoms with Crippen molar-refractivity contribution in [1.29, 1.82) is 0 Å². The monoisotopic (exact) mass is 335 g/mol. The largest absolute Gasteiger partial charge is 0.505 e. The third kappa shape index (κ3) is 2.27. The standard InChI is InChI=1S/C12H8Cl3NO2S/c13-8-6-3-5(4-7-16-1-2-19-7)18-12(6)10(15)9(14)11(8)17/h1-2,5,17H,3-4H2. The van der Waals surface area contributed by atoms with E-state index in [-0.39, 0.29) is 26.9 Å². The van der Waals surface area contributed by atoms with Crippen molar-refractivity contribution in [3.05, 3.63) is 37.2 Å². The molecule has 0 saturated carbocycles. The van der Waals surface area contributed by atoms with Crippen LogP contribution in [-0.4, -0.2) is 16.2 Å². The molecule has 1 N–H and O–H groups in total. The topological polar surface area (TPSA) is 42.4 Å². The highest BCUT2D eigenvalue weighted by Gasteiger charge is 2.32. The van der Waals surface area contributed by atoms with Crippen molar-refractivity contribution >= 4 is 46.1 Å². The third-order valence-electron chi connectivity index (χ3n) is 2.95. The van der Waals surface area contributed by atoms with E-state index in [9.17, 15) is 5.11 Å². The van der Waals surface area contributed by atoms with Gasteiger partial charge in [-0.05, 0) is 0 Å². The molecule has 1 aromatic heterocycles. The highest BCUT2D eigenvalue weighted by atomic mass is 35.5. The molecular formula is C12H8Cl3NO2S. The number of rotatable bonds is 2. The zero-order valence-electron chi connectivity index (χ0n) is 9.49. The molecule has 2 heterocycles. The molecule has 1 unspecified atom stereocenters. The molecule has 100 valence electrons.